The molecule has 0 aliphatic heterocycles. The smallest absolute Gasteiger partial charge is 0.0390 e. The molecule has 0 saturated carbocycles. The molecule has 0 aliphatic rings. The standard InChI is InChI=1S/C18H21N/c1-12-6-8-17(9-7-12)19-16(5)18-14(3)10-13(2)11-15(18)4/h6-11,19H,5H2,1-4H3. The van der Waals surface area contributed by atoms with Gasteiger partial charge in [0.2, 0.25) is 0 Å². The van der Waals surface area contributed by atoms with Crippen LogP contribution < -0.4 is 5.32 Å². The Bertz CT molecular complexity index is 583. The Morgan fingerprint density at radius 2 is 1.37 bits per heavy atom. The zero-order valence-electron chi connectivity index (χ0n) is 12.2. The summed E-state index contributed by atoms with van der Waals surface area (Å²) in [5.41, 5.74) is 8.34. The van der Waals surface area contributed by atoms with Gasteiger partial charge in [-0.1, -0.05) is 42.0 Å². The molecule has 0 aliphatic carbocycles. The zero-order valence-corrected chi connectivity index (χ0v) is 12.2. The monoisotopic (exact) mass is 251 g/mol. The lowest BCUT2D eigenvalue weighted by Crippen LogP contribution is -2.02. The van der Waals surface area contributed by atoms with Gasteiger partial charge in [0.05, 0.1) is 0 Å². The van der Waals surface area contributed by atoms with E-state index in [9.17, 15) is 0 Å². The first-order chi connectivity index (χ1) is 8.97. The lowest BCUT2D eigenvalue weighted by atomic mass is 9.97. The minimum atomic E-state index is 0.957. The van der Waals surface area contributed by atoms with E-state index in [1.54, 1.807) is 0 Å². The van der Waals surface area contributed by atoms with Crippen molar-refractivity contribution in [3.63, 3.8) is 0 Å². The van der Waals surface area contributed by atoms with Crippen molar-refractivity contribution in [3.05, 3.63) is 70.8 Å². The Labute approximate surface area is 116 Å². The van der Waals surface area contributed by atoms with Gasteiger partial charge in [0, 0.05) is 16.9 Å². The fraction of sp³-hybridized carbons (Fsp3) is 0.222. The summed E-state index contributed by atoms with van der Waals surface area (Å²) in [6.07, 6.45) is 0. The molecule has 0 fully saturated rings. The van der Waals surface area contributed by atoms with Gasteiger partial charge in [-0.15, -0.1) is 0 Å². The van der Waals surface area contributed by atoms with Crippen molar-refractivity contribution in [3.8, 4) is 0 Å². The van der Waals surface area contributed by atoms with E-state index in [4.69, 9.17) is 0 Å². The number of nitrogens with one attached hydrogen (secondary N) is 1. The summed E-state index contributed by atoms with van der Waals surface area (Å²) in [5.74, 6) is 0. The second-order valence-electron chi connectivity index (χ2n) is 5.24. The highest BCUT2D eigenvalue weighted by Crippen LogP contribution is 2.25. The van der Waals surface area contributed by atoms with E-state index in [0.717, 1.165) is 11.4 Å². The third-order valence-electron chi connectivity index (χ3n) is 3.33. The summed E-state index contributed by atoms with van der Waals surface area (Å²) < 4.78 is 0. The second-order valence-corrected chi connectivity index (χ2v) is 5.24. The molecule has 0 spiro atoms. The van der Waals surface area contributed by atoms with Crippen LogP contribution in [0.25, 0.3) is 5.70 Å². The van der Waals surface area contributed by atoms with E-state index in [2.05, 4.69) is 76.0 Å². The minimum Gasteiger partial charge on any atom is -0.356 e. The fourth-order valence-electron chi connectivity index (χ4n) is 2.53. The molecule has 2 aromatic carbocycles. The first-order valence-electron chi connectivity index (χ1n) is 6.58. The highest BCUT2D eigenvalue weighted by Gasteiger charge is 2.07. The highest BCUT2D eigenvalue weighted by atomic mass is 14.9. The first kappa shape index (κ1) is 13.4. The van der Waals surface area contributed by atoms with Crippen LogP contribution in [0.2, 0.25) is 0 Å². The van der Waals surface area contributed by atoms with Crippen LogP contribution in [0, 0.1) is 27.7 Å². The van der Waals surface area contributed by atoms with Gasteiger partial charge in [-0.3, -0.25) is 0 Å². The quantitative estimate of drug-likeness (QED) is 0.809. The number of hydrogen-bond donors (Lipinski definition) is 1. The Hall–Kier alpha value is -2.02. The summed E-state index contributed by atoms with van der Waals surface area (Å²) in [5, 5.41) is 3.39. The van der Waals surface area contributed by atoms with Crippen LogP contribution in [0.3, 0.4) is 0 Å². The van der Waals surface area contributed by atoms with E-state index >= 15 is 0 Å². The number of rotatable bonds is 3. The summed E-state index contributed by atoms with van der Waals surface area (Å²) in [6, 6.07) is 12.8. The SMILES string of the molecule is C=C(Nc1ccc(C)cc1)c1c(C)cc(C)cc1C. The van der Waals surface area contributed by atoms with Crippen molar-refractivity contribution in [1.82, 2.24) is 0 Å². The lowest BCUT2D eigenvalue weighted by molar-refractivity contribution is 1.28. The Morgan fingerprint density at radius 1 is 0.842 bits per heavy atom. The molecular formula is C18H21N. The van der Waals surface area contributed by atoms with Crippen LogP contribution in [-0.4, -0.2) is 0 Å². The second kappa shape index (κ2) is 5.31. The lowest BCUT2D eigenvalue weighted by Gasteiger charge is -2.16. The predicted octanol–water partition coefficient (Wildman–Crippen LogP) is 5.00. The van der Waals surface area contributed by atoms with E-state index in [-0.39, 0.29) is 0 Å². The van der Waals surface area contributed by atoms with Crippen molar-refractivity contribution in [2.24, 2.45) is 0 Å². The van der Waals surface area contributed by atoms with Crippen LogP contribution in [0.4, 0.5) is 5.69 Å². The molecule has 0 atom stereocenters. The van der Waals surface area contributed by atoms with Crippen LogP contribution in [0.5, 0.6) is 0 Å². The Kier molecular flexibility index (Phi) is 3.75. The minimum absolute atomic E-state index is 0.957. The van der Waals surface area contributed by atoms with Crippen molar-refractivity contribution in [2.45, 2.75) is 27.7 Å². The molecule has 98 valence electrons. The molecule has 1 nitrogen and oxygen atoms in total. The van der Waals surface area contributed by atoms with Gasteiger partial charge in [0.1, 0.15) is 0 Å². The van der Waals surface area contributed by atoms with Gasteiger partial charge in [0.25, 0.3) is 0 Å². The molecule has 2 rings (SSSR count). The van der Waals surface area contributed by atoms with E-state index in [1.807, 2.05) is 0 Å². The number of aryl methyl sites for hydroxylation is 4. The topological polar surface area (TPSA) is 12.0 Å². The average molecular weight is 251 g/mol. The van der Waals surface area contributed by atoms with Crippen LogP contribution in [0.1, 0.15) is 27.8 Å². The van der Waals surface area contributed by atoms with E-state index < -0.39 is 0 Å². The molecule has 0 aromatic heterocycles. The van der Waals surface area contributed by atoms with Crippen molar-refractivity contribution in [1.29, 1.82) is 0 Å². The average Bonchev–Trinajstić information content (AvgIpc) is 2.30. The Morgan fingerprint density at radius 3 is 1.89 bits per heavy atom. The molecule has 19 heavy (non-hydrogen) atoms. The maximum absolute atomic E-state index is 4.18. The summed E-state index contributed by atoms with van der Waals surface area (Å²) in [6.45, 7) is 12.7. The van der Waals surface area contributed by atoms with Crippen molar-refractivity contribution >= 4 is 11.4 Å². The fourth-order valence-corrected chi connectivity index (χ4v) is 2.53. The molecule has 0 bridgehead atoms. The summed E-state index contributed by atoms with van der Waals surface area (Å²) in [7, 11) is 0. The van der Waals surface area contributed by atoms with Gasteiger partial charge in [-0.05, 0) is 51.0 Å². The molecule has 0 amide bonds. The maximum Gasteiger partial charge on any atom is 0.0390 e. The van der Waals surface area contributed by atoms with Gasteiger partial charge in [0.15, 0.2) is 0 Å². The summed E-state index contributed by atoms with van der Waals surface area (Å²) >= 11 is 0. The van der Waals surface area contributed by atoms with Crippen LogP contribution in [0.15, 0.2) is 43.0 Å². The predicted molar refractivity (Wildman–Crippen MR) is 84.5 cm³/mol. The largest absolute Gasteiger partial charge is 0.356 e. The van der Waals surface area contributed by atoms with Crippen molar-refractivity contribution < 1.29 is 0 Å². The molecule has 0 unspecified atom stereocenters. The summed E-state index contributed by atoms with van der Waals surface area (Å²) in [4.78, 5) is 0. The van der Waals surface area contributed by atoms with E-state index in [0.29, 0.717) is 0 Å². The van der Waals surface area contributed by atoms with E-state index in [1.165, 1.54) is 27.8 Å². The zero-order chi connectivity index (χ0) is 14.0. The molecule has 1 N–H and O–H groups in total. The molecule has 0 heterocycles. The van der Waals surface area contributed by atoms with Gasteiger partial charge in [-0.2, -0.15) is 0 Å². The van der Waals surface area contributed by atoms with Gasteiger partial charge < -0.3 is 5.32 Å². The van der Waals surface area contributed by atoms with Crippen LogP contribution >= 0.6 is 0 Å². The molecule has 2 aromatic rings. The van der Waals surface area contributed by atoms with Gasteiger partial charge >= 0.3 is 0 Å². The van der Waals surface area contributed by atoms with Crippen molar-refractivity contribution in [2.75, 3.05) is 5.32 Å². The highest BCUT2D eigenvalue weighted by molar-refractivity contribution is 5.78. The van der Waals surface area contributed by atoms with Gasteiger partial charge in [-0.25, -0.2) is 0 Å². The third kappa shape index (κ3) is 3.05. The van der Waals surface area contributed by atoms with Crippen LogP contribution in [-0.2, 0) is 0 Å². The third-order valence-corrected chi connectivity index (χ3v) is 3.33. The maximum atomic E-state index is 4.18. The normalized spacial score (nSPS) is 10.3. The Balaban J connectivity index is 2.28. The molecule has 0 radical (unpaired) electrons. The first-order valence-corrected chi connectivity index (χ1v) is 6.58. The molecule has 0 saturated heterocycles. The number of hydrogen-bond acceptors (Lipinski definition) is 1. The number of anilines is 1. The molecular weight excluding hydrogens is 230 g/mol. The molecule has 1 heteroatoms. The number of benzene rings is 2.